The van der Waals surface area contributed by atoms with Crippen molar-refractivity contribution in [2.45, 2.75) is 33.7 Å². The van der Waals surface area contributed by atoms with Gasteiger partial charge in [0.15, 0.2) is 0 Å². The first-order valence-corrected chi connectivity index (χ1v) is 4.14. The first-order chi connectivity index (χ1) is 6.52. The van der Waals surface area contributed by atoms with Crippen molar-refractivity contribution < 1.29 is 17.6 Å². The van der Waals surface area contributed by atoms with E-state index in [0.717, 1.165) is 6.20 Å². The summed E-state index contributed by atoms with van der Waals surface area (Å²) in [5, 5.41) is 3.03. The molecule has 0 saturated heterocycles. The number of hydrogen-bond acceptors (Lipinski definition) is 1. The first-order valence-electron chi connectivity index (χ1n) is 4.14. The van der Waals surface area contributed by atoms with Gasteiger partial charge in [-0.2, -0.15) is 13.9 Å². The summed E-state index contributed by atoms with van der Waals surface area (Å²) in [6.07, 6.45) is -1.91. The van der Waals surface area contributed by atoms with Crippen molar-refractivity contribution in [2.24, 2.45) is 0 Å². The molecule has 0 saturated carbocycles. The highest BCUT2D eigenvalue weighted by atomic mass is 19.3. The quantitative estimate of drug-likeness (QED) is 0.685. The maximum absolute atomic E-state index is 12.0. The van der Waals surface area contributed by atoms with Crippen LogP contribution < -0.4 is 0 Å². The molecule has 0 aliphatic rings. The lowest BCUT2D eigenvalue weighted by atomic mass is 10.3. The molecule has 0 fully saturated rings. The van der Waals surface area contributed by atoms with Gasteiger partial charge in [0.05, 0.1) is 0 Å². The number of halogens is 4. The molecule has 1 heterocycles. The van der Waals surface area contributed by atoms with Crippen LogP contribution in [-0.4, -0.2) is 9.78 Å². The molecule has 82 valence electrons. The number of nitrogens with zero attached hydrogens (tertiary/aromatic N) is 2. The fraction of sp³-hybridized carbons (Fsp3) is 0.625. The Kier molecular flexibility index (Phi) is 5.19. The molecule has 1 aromatic heterocycles. The van der Waals surface area contributed by atoms with Gasteiger partial charge in [-0.25, -0.2) is 13.5 Å². The number of hydrogen-bond donors (Lipinski definition) is 0. The number of rotatable bonds is 2. The molecule has 0 unspecified atom stereocenters. The Morgan fingerprint density at radius 2 is 1.71 bits per heavy atom. The molecule has 14 heavy (non-hydrogen) atoms. The SMILES string of the molecule is CC.Cc1cn(C(F)F)nc1C(F)F. The van der Waals surface area contributed by atoms with Crippen molar-refractivity contribution in [3.05, 3.63) is 17.5 Å². The van der Waals surface area contributed by atoms with E-state index in [1.54, 1.807) is 0 Å². The lowest BCUT2D eigenvalue weighted by Crippen LogP contribution is -1.99. The van der Waals surface area contributed by atoms with E-state index in [9.17, 15) is 17.6 Å². The van der Waals surface area contributed by atoms with Crippen LogP contribution in [0.1, 0.15) is 38.1 Å². The summed E-state index contributed by atoms with van der Waals surface area (Å²) in [4.78, 5) is 0. The molecular formula is C8H12F4N2. The molecule has 0 bridgehead atoms. The molecule has 0 N–H and O–H groups in total. The minimum absolute atomic E-state index is 0.0744. The van der Waals surface area contributed by atoms with Crippen LogP contribution in [0.15, 0.2) is 6.20 Å². The minimum atomic E-state index is -2.86. The van der Waals surface area contributed by atoms with Gasteiger partial charge in [-0.05, 0) is 12.5 Å². The second-order valence-corrected chi connectivity index (χ2v) is 2.26. The van der Waals surface area contributed by atoms with Gasteiger partial charge in [0.1, 0.15) is 5.69 Å². The summed E-state index contributed by atoms with van der Waals surface area (Å²) < 4.78 is 47.9. The number of aromatic nitrogens is 2. The third-order valence-corrected chi connectivity index (χ3v) is 1.36. The van der Waals surface area contributed by atoms with Crippen LogP contribution in [0.3, 0.4) is 0 Å². The van der Waals surface area contributed by atoms with Gasteiger partial charge in [-0.3, -0.25) is 0 Å². The van der Waals surface area contributed by atoms with Crippen molar-refractivity contribution in [1.82, 2.24) is 9.78 Å². The van der Waals surface area contributed by atoms with Gasteiger partial charge >= 0.3 is 6.55 Å². The summed E-state index contributed by atoms with van der Waals surface area (Å²) >= 11 is 0. The van der Waals surface area contributed by atoms with Crippen LogP contribution in [0.25, 0.3) is 0 Å². The molecule has 0 spiro atoms. The fourth-order valence-corrected chi connectivity index (χ4v) is 0.812. The molecule has 2 nitrogen and oxygen atoms in total. The molecule has 0 amide bonds. The Labute approximate surface area is 79.5 Å². The Morgan fingerprint density at radius 1 is 1.21 bits per heavy atom. The third-order valence-electron chi connectivity index (χ3n) is 1.36. The Hall–Kier alpha value is -1.07. The average molecular weight is 212 g/mol. The predicted octanol–water partition coefficient (Wildman–Crippen LogP) is 3.55. The summed E-state index contributed by atoms with van der Waals surface area (Å²) in [6.45, 7) is 2.45. The van der Waals surface area contributed by atoms with Crippen molar-refractivity contribution in [1.29, 1.82) is 0 Å². The van der Waals surface area contributed by atoms with Crippen LogP contribution in [0, 0.1) is 6.92 Å². The molecule has 0 aliphatic carbocycles. The zero-order valence-corrected chi connectivity index (χ0v) is 8.14. The van der Waals surface area contributed by atoms with Gasteiger partial charge < -0.3 is 0 Å². The highest BCUT2D eigenvalue weighted by Gasteiger charge is 2.17. The van der Waals surface area contributed by atoms with E-state index in [4.69, 9.17) is 0 Å². The number of aryl methyl sites for hydroxylation is 1. The van der Waals surface area contributed by atoms with Gasteiger partial charge in [0.25, 0.3) is 6.43 Å². The standard InChI is InChI=1S/C6H6F4N2.C2H6/c1-3-2-12(6(9)10)11-4(3)5(7)8;1-2/h2,5-6H,1H3;1-2H3. The van der Waals surface area contributed by atoms with Crippen LogP contribution >= 0.6 is 0 Å². The molecule has 0 atom stereocenters. The number of alkyl halides is 4. The smallest absolute Gasteiger partial charge is 0.211 e. The molecule has 0 radical (unpaired) electrons. The maximum atomic E-state index is 12.0. The Morgan fingerprint density at radius 3 is 1.93 bits per heavy atom. The van der Waals surface area contributed by atoms with E-state index in [1.165, 1.54) is 6.92 Å². The van der Waals surface area contributed by atoms with Gasteiger partial charge in [0, 0.05) is 6.20 Å². The zero-order valence-electron chi connectivity index (χ0n) is 8.14. The monoisotopic (exact) mass is 212 g/mol. The average Bonchev–Trinajstić information content (AvgIpc) is 2.51. The minimum Gasteiger partial charge on any atom is -0.211 e. The van der Waals surface area contributed by atoms with Gasteiger partial charge in [-0.15, -0.1) is 0 Å². The largest absolute Gasteiger partial charge is 0.333 e. The van der Waals surface area contributed by atoms with E-state index in [-0.39, 0.29) is 10.2 Å². The van der Waals surface area contributed by atoms with E-state index < -0.39 is 18.7 Å². The first kappa shape index (κ1) is 12.9. The van der Waals surface area contributed by atoms with E-state index >= 15 is 0 Å². The molecule has 0 aliphatic heterocycles. The van der Waals surface area contributed by atoms with E-state index in [0.29, 0.717) is 0 Å². The molecular weight excluding hydrogens is 200 g/mol. The Bertz CT molecular complexity index is 270. The predicted molar refractivity (Wildman–Crippen MR) is 44.5 cm³/mol. The second kappa shape index (κ2) is 5.62. The van der Waals surface area contributed by atoms with Gasteiger partial charge in [-0.1, -0.05) is 13.8 Å². The fourth-order valence-electron chi connectivity index (χ4n) is 0.812. The van der Waals surface area contributed by atoms with Crippen molar-refractivity contribution >= 4 is 0 Å². The van der Waals surface area contributed by atoms with Crippen molar-refractivity contribution in [3.8, 4) is 0 Å². The molecule has 6 heteroatoms. The van der Waals surface area contributed by atoms with Crippen LogP contribution in [0.2, 0.25) is 0 Å². The van der Waals surface area contributed by atoms with Crippen LogP contribution in [0.4, 0.5) is 17.6 Å². The maximum Gasteiger partial charge on any atom is 0.333 e. The lowest BCUT2D eigenvalue weighted by Gasteiger charge is -1.96. The molecule has 1 rings (SSSR count). The van der Waals surface area contributed by atoms with Crippen LogP contribution in [0.5, 0.6) is 0 Å². The Balaban J connectivity index is 0.000000791. The third kappa shape index (κ3) is 3.01. The normalized spacial score (nSPS) is 10.4. The second-order valence-electron chi connectivity index (χ2n) is 2.26. The van der Waals surface area contributed by atoms with Crippen molar-refractivity contribution in [3.63, 3.8) is 0 Å². The topological polar surface area (TPSA) is 17.8 Å². The summed E-state index contributed by atoms with van der Waals surface area (Å²) in [5.74, 6) is 0. The summed E-state index contributed by atoms with van der Waals surface area (Å²) in [7, 11) is 0. The highest BCUT2D eigenvalue weighted by molar-refractivity contribution is 5.15. The molecule has 0 aromatic carbocycles. The summed E-state index contributed by atoms with van der Waals surface area (Å²) in [6, 6.07) is 0. The molecule has 1 aromatic rings. The van der Waals surface area contributed by atoms with E-state index in [1.807, 2.05) is 13.8 Å². The lowest BCUT2D eigenvalue weighted by molar-refractivity contribution is 0.0537. The van der Waals surface area contributed by atoms with Crippen LogP contribution in [-0.2, 0) is 0 Å². The van der Waals surface area contributed by atoms with E-state index in [2.05, 4.69) is 5.10 Å². The van der Waals surface area contributed by atoms with Gasteiger partial charge in [0.2, 0.25) is 0 Å². The van der Waals surface area contributed by atoms with Crippen molar-refractivity contribution in [2.75, 3.05) is 0 Å². The zero-order chi connectivity index (χ0) is 11.3. The highest BCUT2D eigenvalue weighted by Crippen LogP contribution is 2.22. The summed E-state index contributed by atoms with van der Waals surface area (Å²) in [5.41, 5.74) is -0.513.